The summed E-state index contributed by atoms with van der Waals surface area (Å²) in [6, 6.07) is 10.8. The molecule has 1 atom stereocenters. The first kappa shape index (κ1) is 12.7. The zero-order valence-corrected chi connectivity index (χ0v) is 11.2. The third-order valence-electron chi connectivity index (χ3n) is 2.20. The van der Waals surface area contributed by atoms with Gasteiger partial charge in [-0.25, -0.2) is 0 Å². The first-order valence-electron chi connectivity index (χ1n) is 5.04. The van der Waals surface area contributed by atoms with Gasteiger partial charge in [0.2, 0.25) is 0 Å². The number of thiophene rings is 1. The predicted octanol–water partition coefficient (Wildman–Crippen LogP) is 4.13. The molecule has 0 saturated carbocycles. The maximum absolute atomic E-state index is 5.99. The lowest BCUT2D eigenvalue weighted by Gasteiger charge is -2.11. The summed E-state index contributed by atoms with van der Waals surface area (Å²) in [6.07, 6.45) is 0. The number of ether oxygens (including phenoxy) is 1. The van der Waals surface area contributed by atoms with Gasteiger partial charge in [0.05, 0.1) is 10.4 Å². The van der Waals surface area contributed by atoms with Crippen molar-refractivity contribution in [3.8, 4) is 5.75 Å². The van der Waals surface area contributed by atoms with Crippen LogP contribution in [-0.4, -0.2) is 6.61 Å². The summed E-state index contributed by atoms with van der Waals surface area (Å²) < 4.78 is 6.30. The van der Waals surface area contributed by atoms with E-state index >= 15 is 0 Å². The Labute approximate surface area is 114 Å². The highest BCUT2D eigenvalue weighted by atomic mass is 35.5. The molecule has 0 bridgehead atoms. The average Bonchev–Trinajstić information content (AvgIpc) is 2.75. The lowest BCUT2D eigenvalue weighted by Crippen LogP contribution is -2.17. The first-order valence-corrected chi connectivity index (χ1v) is 6.61. The quantitative estimate of drug-likeness (QED) is 0.918. The van der Waals surface area contributed by atoms with Crippen LogP contribution in [0.4, 0.5) is 0 Å². The minimum absolute atomic E-state index is 0.164. The van der Waals surface area contributed by atoms with Crippen LogP contribution < -0.4 is 10.5 Å². The van der Waals surface area contributed by atoms with Crippen LogP contribution in [-0.2, 0) is 0 Å². The largest absolute Gasteiger partial charge is 0.492 e. The van der Waals surface area contributed by atoms with Gasteiger partial charge in [-0.05, 0) is 36.4 Å². The number of nitrogens with two attached hydrogens (primary N) is 1. The molecular formula is C12H11Cl2NOS. The van der Waals surface area contributed by atoms with Gasteiger partial charge >= 0.3 is 0 Å². The Kier molecular flexibility index (Phi) is 4.29. The molecule has 0 aliphatic rings. The molecule has 0 fully saturated rings. The normalized spacial score (nSPS) is 12.4. The first-order chi connectivity index (χ1) is 8.15. The molecule has 2 rings (SSSR count). The minimum Gasteiger partial charge on any atom is -0.492 e. The van der Waals surface area contributed by atoms with E-state index in [2.05, 4.69) is 0 Å². The van der Waals surface area contributed by atoms with Crippen molar-refractivity contribution in [3.05, 3.63) is 50.6 Å². The zero-order valence-electron chi connectivity index (χ0n) is 8.90. The second-order valence-corrected chi connectivity index (χ2v) is 5.70. The van der Waals surface area contributed by atoms with Crippen LogP contribution in [0, 0.1) is 0 Å². The van der Waals surface area contributed by atoms with Crippen molar-refractivity contribution in [2.24, 2.45) is 5.73 Å². The summed E-state index contributed by atoms with van der Waals surface area (Å²) in [5.41, 5.74) is 5.99. The van der Waals surface area contributed by atoms with Crippen LogP contribution in [0.3, 0.4) is 0 Å². The van der Waals surface area contributed by atoms with E-state index in [0.29, 0.717) is 11.6 Å². The molecule has 0 aliphatic carbocycles. The molecule has 2 aromatic rings. The van der Waals surface area contributed by atoms with Gasteiger partial charge in [-0.15, -0.1) is 11.3 Å². The van der Waals surface area contributed by atoms with Crippen molar-refractivity contribution >= 4 is 34.5 Å². The molecule has 1 unspecified atom stereocenters. The lowest BCUT2D eigenvalue weighted by molar-refractivity contribution is 0.292. The molecule has 1 heterocycles. The van der Waals surface area contributed by atoms with Crippen LogP contribution in [0.5, 0.6) is 5.75 Å². The van der Waals surface area contributed by atoms with Crippen LogP contribution in [0.25, 0.3) is 0 Å². The Bertz CT molecular complexity index is 484. The molecule has 0 saturated heterocycles. The molecule has 0 radical (unpaired) electrons. The van der Waals surface area contributed by atoms with Crippen molar-refractivity contribution in [1.29, 1.82) is 0 Å². The fraction of sp³-hybridized carbons (Fsp3) is 0.167. The minimum atomic E-state index is -0.164. The van der Waals surface area contributed by atoms with Gasteiger partial charge < -0.3 is 10.5 Å². The fourth-order valence-corrected chi connectivity index (χ4v) is 2.50. The molecule has 0 spiro atoms. The summed E-state index contributed by atoms with van der Waals surface area (Å²) >= 11 is 13.1. The number of hydrogen-bond acceptors (Lipinski definition) is 3. The third-order valence-corrected chi connectivity index (χ3v) is 3.82. The van der Waals surface area contributed by atoms with E-state index in [1.165, 1.54) is 11.3 Å². The van der Waals surface area contributed by atoms with Crippen molar-refractivity contribution < 1.29 is 4.74 Å². The smallest absolute Gasteiger partial charge is 0.119 e. The third kappa shape index (κ3) is 3.61. The molecule has 2 N–H and O–H groups in total. The fourth-order valence-electron chi connectivity index (χ4n) is 1.33. The number of benzene rings is 1. The average molecular weight is 288 g/mol. The monoisotopic (exact) mass is 287 g/mol. The molecular weight excluding hydrogens is 277 g/mol. The van der Waals surface area contributed by atoms with Crippen LogP contribution in [0.15, 0.2) is 36.4 Å². The molecule has 1 aromatic carbocycles. The van der Waals surface area contributed by atoms with E-state index < -0.39 is 0 Å². The van der Waals surface area contributed by atoms with Gasteiger partial charge in [0, 0.05) is 9.90 Å². The maximum atomic E-state index is 5.99. The summed E-state index contributed by atoms with van der Waals surface area (Å²) in [5.74, 6) is 0.757. The predicted molar refractivity (Wildman–Crippen MR) is 73.2 cm³/mol. The van der Waals surface area contributed by atoms with E-state index in [1.54, 1.807) is 12.1 Å². The summed E-state index contributed by atoms with van der Waals surface area (Å²) in [6.45, 7) is 0.415. The van der Waals surface area contributed by atoms with Gasteiger partial charge in [0.1, 0.15) is 12.4 Å². The van der Waals surface area contributed by atoms with Crippen LogP contribution in [0.2, 0.25) is 9.36 Å². The van der Waals surface area contributed by atoms with Crippen molar-refractivity contribution in [3.63, 3.8) is 0 Å². The van der Waals surface area contributed by atoms with Gasteiger partial charge in [-0.2, -0.15) is 0 Å². The van der Waals surface area contributed by atoms with Crippen molar-refractivity contribution in [2.75, 3.05) is 6.61 Å². The zero-order chi connectivity index (χ0) is 12.3. The highest BCUT2D eigenvalue weighted by molar-refractivity contribution is 7.16. The van der Waals surface area contributed by atoms with Gasteiger partial charge in [-0.3, -0.25) is 0 Å². The molecule has 1 aromatic heterocycles. The summed E-state index contributed by atoms with van der Waals surface area (Å²) in [7, 11) is 0. The standard InChI is InChI=1S/C12H11Cl2NOS/c13-8-1-3-9(4-2-8)16-7-10(15)11-5-6-12(14)17-11/h1-6,10H,7,15H2. The Morgan fingerprint density at radius 2 is 1.82 bits per heavy atom. The van der Waals surface area contributed by atoms with E-state index in [9.17, 15) is 0 Å². The highest BCUT2D eigenvalue weighted by Gasteiger charge is 2.09. The lowest BCUT2D eigenvalue weighted by atomic mass is 10.3. The highest BCUT2D eigenvalue weighted by Crippen LogP contribution is 2.26. The van der Waals surface area contributed by atoms with Gasteiger partial charge in [-0.1, -0.05) is 23.2 Å². The second kappa shape index (κ2) is 5.74. The second-order valence-electron chi connectivity index (χ2n) is 3.51. The molecule has 2 nitrogen and oxygen atoms in total. The van der Waals surface area contributed by atoms with Crippen molar-refractivity contribution in [1.82, 2.24) is 0 Å². The van der Waals surface area contributed by atoms with Gasteiger partial charge in [0.25, 0.3) is 0 Å². The van der Waals surface area contributed by atoms with Crippen LogP contribution in [0.1, 0.15) is 10.9 Å². The Morgan fingerprint density at radius 1 is 1.12 bits per heavy atom. The van der Waals surface area contributed by atoms with E-state index in [4.69, 9.17) is 33.7 Å². The van der Waals surface area contributed by atoms with E-state index in [0.717, 1.165) is 15.0 Å². The molecule has 5 heteroatoms. The van der Waals surface area contributed by atoms with Crippen LogP contribution >= 0.6 is 34.5 Å². The summed E-state index contributed by atoms with van der Waals surface area (Å²) in [4.78, 5) is 1.02. The number of rotatable bonds is 4. The molecule has 0 amide bonds. The molecule has 90 valence electrons. The maximum Gasteiger partial charge on any atom is 0.119 e. The van der Waals surface area contributed by atoms with Gasteiger partial charge in [0.15, 0.2) is 0 Å². The topological polar surface area (TPSA) is 35.2 Å². The number of hydrogen-bond donors (Lipinski definition) is 1. The summed E-state index contributed by atoms with van der Waals surface area (Å²) in [5, 5.41) is 0.687. The molecule has 17 heavy (non-hydrogen) atoms. The SMILES string of the molecule is NC(COc1ccc(Cl)cc1)c1ccc(Cl)s1. The Morgan fingerprint density at radius 3 is 2.41 bits per heavy atom. The van der Waals surface area contributed by atoms with Crippen molar-refractivity contribution in [2.45, 2.75) is 6.04 Å². The molecule has 0 aliphatic heterocycles. The number of halogens is 2. The Balaban J connectivity index is 1.92. The van der Waals surface area contributed by atoms with E-state index in [-0.39, 0.29) is 6.04 Å². The Hall–Kier alpha value is -0.740. The van der Waals surface area contributed by atoms with E-state index in [1.807, 2.05) is 24.3 Å².